The van der Waals surface area contributed by atoms with E-state index in [4.69, 9.17) is 16.3 Å². The van der Waals surface area contributed by atoms with Crippen molar-refractivity contribution in [2.24, 2.45) is 0 Å². The van der Waals surface area contributed by atoms with Gasteiger partial charge in [0.1, 0.15) is 5.82 Å². The highest BCUT2D eigenvalue weighted by Crippen LogP contribution is 2.14. The Morgan fingerprint density at radius 1 is 1.16 bits per heavy atom. The normalized spacial score (nSPS) is 11.3. The quantitative estimate of drug-likeness (QED) is 0.798. The van der Waals surface area contributed by atoms with Crippen molar-refractivity contribution >= 4 is 40.9 Å². The summed E-state index contributed by atoms with van der Waals surface area (Å²) in [5.41, 5.74) is 0.680. The molecule has 7 nitrogen and oxygen atoms in total. The number of nitrogens with one attached hydrogen (secondary N) is 2. The molecular formula is C17H16ClN3O4. The molecule has 1 aromatic carbocycles. The molecule has 0 aliphatic heterocycles. The lowest BCUT2D eigenvalue weighted by molar-refractivity contribution is -0.123. The number of benzene rings is 1. The second kappa shape index (κ2) is 8.25. The van der Waals surface area contributed by atoms with Crippen molar-refractivity contribution in [3.05, 3.63) is 53.2 Å². The largest absolute Gasteiger partial charge is 0.449 e. The molecule has 0 aliphatic carbocycles. The van der Waals surface area contributed by atoms with Gasteiger partial charge in [0.05, 0.1) is 10.6 Å². The van der Waals surface area contributed by atoms with Crippen LogP contribution in [-0.2, 0) is 14.3 Å². The Balaban J connectivity index is 1.98. The number of aromatic nitrogens is 1. The van der Waals surface area contributed by atoms with E-state index in [1.54, 1.807) is 18.2 Å². The van der Waals surface area contributed by atoms with Crippen molar-refractivity contribution in [2.75, 3.05) is 10.6 Å². The highest BCUT2D eigenvalue weighted by molar-refractivity contribution is 6.30. The fourth-order valence-electron chi connectivity index (χ4n) is 1.89. The van der Waals surface area contributed by atoms with Crippen molar-refractivity contribution in [1.29, 1.82) is 0 Å². The molecule has 0 saturated carbocycles. The highest BCUT2D eigenvalue weighted by atomic mass is 35.5. The molecule has 2 N–H and O–H groups in total. The van der Waals surface area contributed by atoms with Crippen molar-refractivity contribution in [3.63, 3.8) is 0 Å². The number of carbonyl (C=O) groups excluding carboxylic acids is 3. The van der Waals surface area contributed by atoms with Gasteiger partial charge in [0.25, 0.3) is 5.91 Å². The summed E-state index contributed by atoms with van der Waals surface area (Å²) in [6, 6.07) is 9.35. The SMILES string of the molecule is CC(=O)Nc1cccc(C(=O)O[C@H](C)C(=O)Nc2ccc(Cl)cn2)c1. The third kappa shape index (κ3) is 5.58. The van der Waals surface area contributed by atoms with Gasteiger partial charge in [-0.3, -0.25) is 9.59 Å². The summed E-state index contributed by atoms with van der Waals surface area (Å²) >= 11 is 5.72. The highest BCUT2D eigenvalue weighted by Gasteiger charge is 2.19. The van der Waals surface area contributed by atoms with Crippen LogP contribution in [0.3, 0.4) is 0 Å². The number of amides is 2. The van der Waals surface area contributed by atoms with E-state index in [9.17, 15) is 14.4 Å². The number of anilines is 2. The summed E-state index contributed by atoms with van der Waals surface area (Å²) in [5, 5.41) is 5.53. The van der Waals surface area contributed by atoms with Crippen molar-refractivity contribution in [3.8, 4) is 0 Å². The van der Waals surface area contributed by atoms with Crippen LogP contribution in [0.25, 0.3) is 0 Å². The molecule has 1 aromatic heterocycles. The van der Waals surface area contributed by atoms with E-state index in [1.165, 1.54) is 38.2 Å². The predicted octanol–water partition coefficient (Wildman–Crippen LogP) is 2.88. The minimum Gasteiger partial charge on any atom is -0.449 e. The zero-order chi connectivity index (χ0) is 18.4. The van der Waals surface area contributed by atoms with Gasteiger partial charge >= 0.3 is 5.97 Å². The van der Waals surface area contributed by atoms with Gasteiger partial charge < -0.3 is 15.4 Å². The van der Waals surface area contributed by atoms with E-state index in [0.717, 1.165) is 0 Å². The molecule has 1 atom stereocenters. The van der Waals surface area contributed by atoms with Gasteiger partial charge in [0.15, 0.2) is 6.10 Å². The monoisotopic (exact) mass is 361 g/mol. The molecule has 25 heavy (non-hydrogen) atoms. The van der Waals surface area contributed by atoms with Gasteiger partial charge in [-0.2, -0.15) is 0 Å². The van der Waals surface area contributed by atoms with Crippen LogP contribution in [0.1, 0.15) is 24.2 Å². The third-order valence-corrected chi connectivity index (χ3v) is 3.27. The lowest BCUT2D eigenvalue weighted by atomic mass is 10.2. The Bertz CT molecular complexity index is 793. The Hall–Kier alpha value is -2.93. The van der Waals surface area contributed by atoms with E-state index < -0.39 is 18.0 Å². The summed E-state index contributed by atoms with van der Waals surface area (Å²) in [6.45, 7) is 2.81. The number of pyridine rings is 1. The van der Waals surface area contributed by atoms with Gasteiger partial charge in [0, 0.05) is 18.8 Å². The van der Waals surface area contributed by atoms with Crippen LogP contribution in [-0.4, -0.2) is 28.9 Å². The van der Waals surface area contributed by atoms with Crippen molar-refractivity contribution in [2.45, 2.75) is 20.0 Å². The maximum atomic E-state index is 12.1. The lowest BCUT2D eigenvalue weighted by Gasteiger charge is -2.13. The standard InChI is InChI=1S/C17H16ClN3O4/c1-10(16(23)21-15-7-6-13(18)9-19-15)25-17(24)12-4-3-5-14(8-12)20-11(2)22/h3-10H,1-2H3,(H,20,22)(H,19,21,23)/t10-/m1/s1. The molecule has 0 fully saturated rings. The molecule has 0 unspecified atom stereocenters. The van der Waals surface area contributed by atoms with Gasteiger partial charge in [-0.25, -0.2) is 9.78 Å². The molecule has 1 heterocycles. The molecule has 0 bridgehead atoms. The van der Waals surface area contributed by atoms with Crippen LogP contribution < -0.4 is 10.6 Å². The fraction of sp³-hybridized carbons (Fsp3) is 0.176. The average molecular weight is 362 g/mol. The summed E-state index contributed by atoms with van der Waals surface area (Å²) in [5.74, 6) is -1.17. The summed E-state index contributed by atoms with van der Waals surface area (Å²) < 4.78 is 5.14. The molecule has 130 valence electrons. The van der Waals surface area contributed by atoms with E-state index >= 15 is 0 Å². The van der Waals surface area contributed by atoms with E-state index in [0.29, 0.717) is 16.5 Å². The first-order chi connectivity index (χ1) is 11.8. The van der Waals surface area contributed by atoms with Crippen LogP contribution in [0.4, 0.5) is 11.5 Å². The van der Waals surface area contributed by atoms with Crippen LogP contribution >= 0.6 is 11.6 Å². The first kappa shape index (κ1) is 18.4. The second-order valence-corrected chi connectivity index (χ2v) is 5.60. The topological polar surface area (TPSA) is 97.4 Å². The van der Waals surface area contributed by atoms with E-state index in [1.807, 2.05) is 0 Å². The molecule has 8 heteroatoms. The molecule has 2 amide bonds. The maximum Gasteiger partial charge on any atom is 0.338 e. The van der Waals surface area contributed by atoms with Crippen molar-refractivity contribution in [1.82, 2.24) is 4.98 Å². The summed E-state index contributed by atoms with van der Waals surface area (Å²) in [6.07, 6.45) is 0.357. The third-order valence-electron chi connectivity index (χ3n) is 3.05. The van der Waals surface area contributed by atoms with Gasteiger partial charge in [-0.05, 0) is 37.3 Å². The second-order valence-electron chi connectivity index (χ2n) is 5.16. The van der Waals surface area contributed by atoms with Gasteiger partial charge in [-0.15, -0.1) is 0 Å². The summed E-state index contributed by atoms with van der Waals surface area (Å²) in [4.78, 5) is 39.2. The minimum atomic E-state index is -1.03. The van der Waals surface area contributed by atoms with E-state index in [-0.39, 0.29) is 11.5 Å². The van der Waals surface area contributed by atoms with Crippen LogP contribution in [0.2, 0.25) is 5.02 Å². The van der Waals surface area contributed by atoms with E-state index in [2.05, 4.69) is 15.6 Å². The Morgan fingerprint density at radius 2 is 1.92 bits per heavy atom. The lowest BCUT2D eigenvalue weighted by Crippen LogP contribution is -2.30. The molecule has 0 radical (unpaired) electrons. The first-order valence-corrected chi connectivity index (χ1v) is 7.74. The Labute approximate surface area is 149 Å². The molecule has 0 saturated heterocycles. The van der Waals surface area contributed by atoms with Crippen LogP contribution in [0.5, 0.6) is 0 Å². The number of hydrogen-bond donors (Lipinski definition) is 2. The number of halogens is 1. The minimum absolute atomic E-state index is 0.218. The van der Waals surface area contributed by atoms with Crippen molar-refractivity contribution < 1.29 is 19.1 Å². The Morgan fingerprint density at radius 3 is 2.56 bits per heavy atom. The maximum absolute atomic E-state index is 12.1. The fourth-order valence-corrected chi connectivity index (χ4v) is 2.00. The van der Waals surface area contributed by atoms with Crippen LogP contribution in [0.15, 0.2) is 42.6 Å². The summed E-state index contributed by atoms with van der Waals surface area (Å²) in [7, 11) is 0. The molecule has 0 aliphatic rings. The number of rotatable bonds is 5. The average Bonchev–Trinajstić information content (AvgIpc) is 2.56. The molecule has 0 spiro atoms. The van der Waals surface area contributed by atoms with Gasteiger partial charge in [0.2, 0.25) is 5.91 Å². The zero-order valence-electron chi connectivity index (χ0n) is 13.6. The first-order valence-electron chi connectivity index (χ1n) is 7.36. The predicted molar refractivity (Wildman–Crippen MR) is 93.5 cm³/mol. The molecular weight excluding hydrogens is 346 g/mol. The number of esters is 1. The molecule has 2 rings (SSSR count). The number of hydrogen-bond acceptors (Lipinski definition) is 5. The molecule has 2 aromatic rings. The number of ether oxygens (including phenoxy) is 1. The zero-order valence-corrected chi connectivity index (χ0v) is 14.3. The smallest absolute Gasteiger partial charge is 0.338 e. The Kier molecular flexibility index (Phi) is 6.08. The number of nitrogens with zero attached hydrogens (tertiary/aromatic N) is 1. The van der Waals surface area contributed by atoms with Crippen LogP contribution in [0, 0.1) is 0 Å². The van der Waals surface area contributed by atoms with Gasteiger partial charge in [-0.1, -0.05) is 17.7 Å². The number of carbonyl (C=O) groups is 3.